The maximum Gasteiger partial charge on any atom is 0.418 e. The van der Waals surface area contributed by atoms with Crippen molar-refractivity contribution in [2.45, 2.75) is 52.1 Å². The summed E-state index contributed by atoms with van der Waals surface area (Å²) >= 11 is 5.94. The summed E-state index contributed by atoms with van der Waals surface area (Å²) in [5.41, 5.74) is 5.50. The number of nitrogens with one attached hydrogen (secondary N) is 2. The summed E-state index contributed by atoms with van der Waals surface area (Å²) in [7, 11) is 2.08. The zero-order chi connectivity index (χ0) is 40.5. The average molecular weight is 805 g/mol. The number of fused-ring (bicyclic) bond motifs is 3. The Balaban J connectivity index is 0.000000195. The maximum atomic E-state index is 14.7. The van der Waals surface area contributed by atoms with E-state index in [9.17, 15) is 22.4 Å². The lowest BCUT2D eigenvalue weighted by molar-refractivity contribution is -0.136. The molecule has 0 saturated carbocycles. The van der Waals surface area contributed by atoms with E-state index in [0.717, 1.165) is 67.8 Å². The monoisotopic (exact) mass is 804 g/mol. The molecule has 5 heterocycles. The van der Waals surface area contributed by atoms with Gasteiger partial charge in [0, 0.05) is 67.6 Å². The molecular weight excluding hydrogens is 764 g/mol. The van der Waals surface area contributed by atoms with E-state index < -0.39 is 23.3 Å². The van der Waals surface area contributed by atoms with Gasteiger partial charge in [-0.2, -0.15) is 18.3 Å². The van der Waals surface area contributed by atoms with Crippen molar-refractivity contribution in [3.05, 3.63) is 117 Å². The average Bonchev–Trinajstić information content (AvgIpc) is 3.79. The fraction of sp³-hybridized carbons (Fsp3) is 0.310. The van der Waals surface area contributed by atoms with Crippen LogP contribution in [0.25, 0.3) is 27.5 Å². The van der Waals surface area contributed by atoms with Crippen molar-refractivity contribution in [1.29, 1.82) is 0 Å². The first kappa shape index (κ1) is 39.8. The van der Waals surface area contributed by atoms with Gasteiger partial charge >= 0.3 is 6.18 Å². The number of para-hydroxylation sites is 1. The molecule has 298 valence electrons. The molecule has 1 amide bonds. The first-order valence-electron chi connectivity index (χ1n) is 18.4. The van der Waals surface area contributed by atoms with Crippen molar-refractivity contribution in [2.24, 2.45) is 7.05 Å². The Labute approximate surface area is 331 Å². The molecule has 0 bridgehead atoms. The van der Waals surface area contributed by atoms with Gasteiger partial charge < -0.3 is 24.1 Å². The molecule has 2 aromatic heterocycles. The Morgan fingerprint density at radius 2 is 1.82 bits per heavy atom. The highest BCUT2D eigenvalue weighted by Gasteiger charge is 2.42. The smallest absolute Gasteiger partial charge is 0.418 e. The molecule has 9 rings (SSSR count). The van der Waals surface area contributed by atoms with Crippen molar-refractivity contribution >= 4 is 51.2 Å². The summed E-state index contributed by atoms with van der Waals surface area (Å²) in [5, 5.41) is 9.00. The fourth-order valence-corrected chi connectivity index (χ4v) is 7.06. The van der Waals surface area contributed by atoms with Crippen molar-refractivity contribution in [3.8, 4) is 11.5 Å². The van der Waals surface area contributed by atoms with Gasteiger partial charge in [0.15, 0.2) is 11.5 Å². The number of H-pyrrole nitrogens is 1. The highest BCUT2D eigenvalue weighted by atomic mass is 35.5. The van der Waals surface area contributed by atoms with Crippen LogP contribution in [0.3, 0.4) is 0 Å². The number of halogens is 5. The van der Waals surface area contributed by atoms with E-state index in [1.54, 1.807) is 26.0 Å². The first-order valence-corrected chi connectivity index (χ1v) is 18.8. The number of nitrogens with zero attached hydrogens (tertiary/aromatic N) is 4. The molecule has 57 heavy (non-hydrogen) atoms. The summed E-state index contributed by atoms with van der Waals surface area (Å²) in [6.45, 7) is 9.94. The third-order valence-corrected chi connectivity index (χ3v) is 10.3. The van der Waals surface area contributed by atoms with E-state index in [2.05, 4.69) is 63.2 Å². The van der Waals surface area contributed by atoms with Crippen LogP contribution in [0, 0.1) is 19.7 Å². The van der Waals surface area contributed by atoms with Crippen LogP contribution in [-0.4, -0.2) is 57.4 Å². The highest BCUT2D eigenvalue weighted by molar-refractivity contribution is 6.30. The van der Waals surface area contributed by atoms with Gasteiger partial charge in [-0.25, -0.2) is 9.37 Å². The van der Waals surface area contributed by atoms with Crippen LogP contribution < -0.4 is 14.8 Å². The molecule has 1 fully saturated rings. The van der Waals surface area contributed by atoms with Crippen LogP contribution in [0.2, 0.25) is 5.02 Å². The predicted molar refractivity (Wildman–Crippen MR) is 211 cm³/mol. The molecule has 2 N–H and O–H groups in total. The van der Waals surface area contributed by atoms with Gasteiger partial charge in [-0.05, 0) is 86.4 Å². The van der Waals surface area contributed by atoms with Gasteiger partial charge in [0.1, 0.15) is 17.2 Å². The number of benzene rings is 4. The van der Waals surface area contributed by atoms with Crippen molar-refractivity contribution in [3.63, 3.8) is 0 Å². The minimum Gasteiger partial charge on any atom is -0.444 e. The second kappa shape index (κ2) is 16.2. The predicted octanol–water partition coefficient (Wildman–Crippen LogP) is 9.47. The number of hydrogen-bond acceptors (Lipinski definition) is 7. The number of anilines is 1. The lowest BCUT2D eigenvalue weighted by Gasteiger charge is -2.27. The Morgan fingerprint density at radius 3 is 2.49 bits per heavy atom. The Kier molecular flexibility index (Phi) is 11.3. The number of rotatable bonds is 6. The van der Waals surface area contributed by atoms with Crippen molar-refractivity contribution in [2.75, 3.05) is 31.6 Å². The molecule has 0 spiro atoms. The summed E-state index contributed by atoms with van der Waals surface area (Å²) < 4.78 is 72.4. The molecule has 4 aromatic carbocycles. The number of alkyl halides is 3. The van der Waals surface area contributed by atoms with Gasteiger partial charge in [-0.15, -0.1) is 0 Å². The molecule has 0 radical (unpaired) electrons. The zero-order valence-corrected chi connectivity index (χ0v) is 32.5. The fourth-order valence-electron chi connectivity index (χ4n) is 6.90. The zero-order valence-electron chi connectivity index (χ0n) is 31.8. The Bertz CT molecular complexity index is 2470. The molecule has 1 saturated heterocycles. The number of aryl methyl sites for hydroxylation is 3. The van der Waals surface area contributed by atoms with E-state index >= 15 is 0 Å². The van der Waals surface area contributed by atoms with Gasteiger partial charge in [-0.1, -0.05) is 35.9 Å². The second-order valence-electron chi connectivity index (χ2n) is 14.2. The maximum absolute atomic E-state index is 14.7. The van der Waals surface area contributed by atoms with Crippen LogP contribution in [0.1, 0.15) is 53.5 Å². The topological polar surface area (TPSA) is 107 Å². The normalized spacial score (nSPS) is 17.6. The molecular formula is C42H41ClF4N6O4. The number of aromatic amines is 1. The van der Waals surface area contributed by atoms with E-state index in [-0.39, 0.29) is 11.2 Å². The third kappa shape index (κ3) is 8.48. The number of ether oxygens (including phenoxy) is 3. The number of hydrogen-bond donors (Lipinski definition) is 2. The largest absolute Gasteiger partial charge is 0.444 e. The van der Waals surface area contributed by atoms with Crippen LogP contribution in [0.15, 0.2) is 72.8 Å². The molecule has 1 atom stereocenters. The van der Waals surface area contributed by atoms with Gasteiger partial charge in [0.05, 0.1) is 28.7 Å². The lowest BCUT2D eigenvalue weighted by atomic mass is 9.98. The standard InChI is InChI=1S/C29H27ClFN3O2.C10H8F3N3O.C3H6O/c1-18-7-10-25-24(15-18)32-27(33(25)3)17-34-13-11-19(12-14-34)21-5-4-6-26-28(21)36-29(2,35-26)22-9-8-20(30)16-23(22)31;1-5-7-2-6(14-4-17)3-8(10(11,12)13)9(7)16-15-5;1-2-4-3-1/h4-11,15-16H,12-14,17H2,1-3H3;2-4H,1H3,(H,14,17)(H,15,16);1-3H2. The number of carbonyl (C=O) groups excluding carboxylic acids is 1. The third-order valence-electron chi connectivity index (χ3n) is 10.1. The van der Waals surface area contributed by atoms with Crippen LogP contribution in [-0.2, 0) is 35.1 Å². The first-order chi connectivity index (χ1) is 27.2. The van der Waals surface area contributed by atoms with Gasteiger partial charge in [-0.3, -0.25) is 14.8 Å². The number of aromatic nitrogens is 4. The minimum absolute atomic E-state index is 0.0873. The molecule has 1 unspecified atom stereocenters. The lowest BCUT2D eigenvalue weighted by Crippen LogP contribution is -2.32. The second-order valence-corrected chi connectivity index (χ2v) is 14.6. The molecule has 15 heteroatoms. The van der Waals surface area contributed by atoms with E-state index in [1.807, 2.05) is 18.2 Å². The quantitative estimate of drug-likeness (QED) is 0.128. The number of carbonyl (C=O) groups is 1. The summed E-state index contributed by atoms with van der Waals surface area (Å²) in [6.07, 6.45) is 0.208. The number of amides is 1. The van der Waals surface area contributed by atoms with Crippen molar-refractivity contribution < 1.29 is 36.6 Å². The van der Waals surface area contributed by atoms with E-state index in [4.69, 9.17) is 30.8 Å². The molecule has 3 aliphatic rings. The molecule has 3 aliphatic heterocycles. The van der Waals surface area contributed by atoms with Crippen LogP contribution in [0.4, 0.5) is 23.2 Å². The van der Waals surface area contributed by atoms with E-state index in [1.165, 1.54) is 29.7 Å². The minimum atomic E-state index is -4.51. The van der Waals surface area contributed by atoms with Crippen LogP contribution >= 0.6 is 11.6 Å². The summed E-state index contributed by atoms with van der Waals surface area (Å²) in [5.74, 6) is 0.615. The van der Waals surface area contributed by atoms with Crippen LogP contribution in [0.5, 0.6) is 11.5 Å². The SMILES string of the molecule is C1COC1.Cc1[nH]nc2c(C(F)(F)F)cc(NC=O)cc12.Cc1ccc2c(c1)nc(CN1CC=C(c3cccc4c3OC(C)(c3ccc(Cl)cc3F)O4)CC1)n2C. The molecule has 0 aliphatic carbocycles. The summed E-state index contributed by atoms with van der Waals surface area (Å²) in [6, 6.07) is 19.1. The van der Waals surface area contributed by atoms with Gasteiger partial charge in [0.2, 0.25) is 6.41 Å². The van der Waals surface area contributed by atoms with Crippen molar-refractivity contribution in [1.82, 2.24) is 24.6 Å². The van der Waals surface area contributed by atoms with E-state index in [0.29, 0.717) is 39.6 Å². The molecule has 6 aromatic rings. The summed E-state index contributed by atoms with van der Waals surface area (Å²) in [4.78, 5) is 17.5. The molecule has 10 nitrogen and oxygen atoms in total. The number of imidazole rings is 1. The Hall–Kier alpha value is -5.44. The van der Waals surface area contributed by atoms with Gasteiger partial charge in [0.25, 0.3) is 5.79 Å². The Morgan fingerprint density at radius 1 is 1.05 bits per heavy atom. The highest BCUT2D eigenvalue weighted by Crippen LogP contribution is 2.49.